The van der Waals surface area contributed by atoms with Crippen LogP contribution in [0.2, 0.25) is 0 Å². The molecule has 0 amide bonds. The molecule has 0 aliphatic heterocycles. The lowest BCUT2D eigenvalue weighted by Crippen LogP contribution is -2.08. The van der Waals surface area contributed by atoms with Crippen LogP contribution in [0, 0.1) is 0 Å². The van der Waals surface area contributed by atoms with Crippen molar-refractivity contribution in [2.24, 2.45) is 0 Å². The number of aldehydes is 1. The summed E-state index contributed by atoms with van der Waals surface area (Å²) in [6.07, 6.45) is 4.30. The van der Waals surface area contributed by atoms with Crippen LogP contribution in [0.15, 0.2) is 85.2 Å². The Kier molecular flexibility index (Phi) is 5.61. The summed E-state index contributed by atoms with van der Waals surface area (Å²) in [6, 6.07) is 23.5. The lowest BCUT2D eigenvalue weighted by atomic mass is 10.1. The fraction of sp³-hybridized carbons (Fsp3) is 0.0769. The van der Waals surface area contributed by atoms with E-state index in [0.717, 1.165) is 34.4 Å². The first kappa shape index (κ1) is 20.5. The first-order valence-corrected chi connectivity index (χ1v) is 10.5. The van der Waals surface area contributed by atoms with Crippen LogP contribution < -0.4 is 5.32 Å². The maximum absolute atomic E-state index is 11.1. The monoisotopic (exact) mass is 435 g/mol. The van der Waals surface area contributed by atoms with Crippen molar-refractivity contribution >= 4 is 28.7 Å². The van der Waals surface area contributed by atoms with Crippen molar-refractivity contribution in [1.29, 1.82) is 0 Å². The molecule has 5 aromatic rings. The largest absolute Gasteiger partial charge is 0.378 e. The van der Waals surface area contributed by atoms with Crippen molar-refractivity contribution in [1.82, 2.24) is 19.5 Å². The summed E-state index contributed by atoms with van der Waals surface area (Å²) in [5, 5.41) is 5.48. The van der Waals surface area contributed by atoms with Gasteiger partial charge in [0.05, 0.1) is 18.5 Å². The van der Waals surface area contributed by atoms with Gasteiger partial charge in [0, 0.05) is 30.1 Å². The zero-order valence-electron chi connectivity index (χ0n) is 18.0. The van der Waals surface area contributed by atoms with Gasteiger partial charge in [-0.25, -0.2) is 9.97 Å². The molecule has 0 fully saturated rings. The van der Waals surface area contributed by atoms with Crippen LogP contribution in [0.1, 0.15) is 16.1 Å². The van der Waals surface area contributed by atoms with Crippen LogP contribution in [0.3, 0.4) is 0 Å². The van der Waals surface area contributed by atoms with Crippen LogP contribution in [0.4, 0.5) is 11.6 Å². The SMILES string of the molecule is COCc1cnc(-c2ccc3ccccc3c2)n1-c1ccnc(Nc2cccc(C=O)c2)n1. The highest BCUT2D eigenvalue weighted by molar-refractivity contribution is 5.86. The number of hydrogen-bond donors (Lipinski definition) is 1. The molecule has 5 rings (SSSR count). The standard InChI is InChI=1S/C26H21N5O2/c1-33-17-23-15-28-25(21-10-9-19-6-2-3-7-20(19)14-21)31(23)24-11-12-27-26(30-24)29-22-8-4-5-18(13-22)16-32/h2-16H,17H2,1H3,(H,27,29,30). The first-order valence-electron chi connectivity index (χ1n) is 10.5. The van der Waals surface area contributed by atoms with Crippen molar-refractivity contribution < 1.29 is 9.53 Å². The first-order chi connectivity index (χ1) is 16.2. The Bertz CT molecular complexity index is 1440. The Morgan fingerprint density at radius 1 is 0.970 bits per heavy atom. The van der Waals surface area contributed by atoms with E-state index in [1.807, 2.05) is 28.8 Å². The minimum Gasteiger partial charge on any atom is -0.378 e. The van der Waals surface area contributed by atoms with E-state index in [2.05, 4.69) is 45.6 Å². The summed E-state index contributed by atoms with van der Waals surface area (Å²) >= 11 is 0. The average molecular weight is 435 g/mol. The molecule has 0 bridgehead atoms. The van der Waals surface area contributed by atoms with Gasteiger partial charge in [-0.2, -0.15) is 4.98 Å². The summed E-state index contributed by atoms with van der Waals surface area (Å²) in [4.78, 5) is 24.8. The van der Waals surface area contributed by atoms with Gasteiger partial charge in [-0.15, -0.1) is 0 Å². The number of benzene rings is 3. The second kappa shape index (κ2) is 9.02. The summed E-state index contributed by atoms with van der Waals surface area (Å²) in [5.41, 5.74) is 3.15. The number of carbonyl (C=O) groups is 1. The molecule has 3 aromatic carbocycles. The van der Waals surface area contributed by atoms with Gasteiger partial charge in [-0.1, -0.05) is 48.5 Å². The van der Waals surface area contributed by atoms with Crippen molar-refractivity contribution in [3.05, 3.63) is 96.4 Å². The van der Waals surface area contributed by atoms with Gasteiger partial charge < -0.3 is 10.1 Å². The van der Waals surface area contributed by atoms with Crippen LogP contribution >= 0.6 is 0 Å². The van der Waals surface area contributed by atoms with E-state index in [0.29, 0.717) is 23.9 Å². The number of aromatic nitrogens is 4. The Morgan fingerprint density at radius 2 is 1.85 bits per heavy atom. The van der Waals surface area contributed by atoms with Gasteiger partial charge in [-0.3, -0.25) is 9.36 Å². The van der Waals surface area contributed by atoms with Gasteiger partial charge in [0.25, 0.3) is 0 Å². The summed E-state index contributed by atoms with van der Waals surface area (Å²) in [5.74, 6) is 1.84. The average Bonchev–Trinajstić information content (AvgIpc) is 3.28. The van der Waals surface area contributed by atoms with Crippen molar-refractivity contribution in [2.75, 3.05) is 12.4 Å². The molecule has 0 unspecified atom stereocenters. The fourth-order valence-corrected chi connectivity index (χ4v) is 3.78. The van der Waals surface area contributed by atoms with Crippen LogP contribution in [0.5, 0.6) is 0 Å². The molecule has 7 nitrogen and oxygen atoms in total. The molecule has 0 aliphatic carbocycles. The van der Waals surface area contributed by atoms with Crippen LogP contribution in [0.25, 0.3) is 28.0 Å². The molecule has 2 heterocycles. The molecule has 162 valence electrons. The van der Waals surface area contributed by atoms with Gasteiger partial charge in [0.2, 0.25) is 5.95 Å². The zero-order valence-corrected chi connectivity index (χ0v) is 18.0. The maximum Gasteiger partial charge on any atom is 0.229 e. The Balaban J connectivity index is 1.57. The molecule has 0 radical (unpaired) electrons. The van der Waals surface area contributed by atoms with E-state index in [1.54, 1.807) is 37.7 Å². The van der Waals surface area contributed by atoms with Gasteiger partial charge in [0.1, 0.15) is 17.9 Å². The highest BCUT2D eigenvalue weighted by Gasteiger charge is 2.16. The number of methoxy groups -OCH3 is 1. The zero-order chi connectivity index (χ0) is 22.6. The minimum atomic E-state index is 0.384. The smallest absolute Gasteiger partial charge is 0.229 e. The van der Waals surface area contributed by atoms with E-state index in [9.17, 15) is 4.79 Å². The number of carbonyl (C=O) groups excluding carboxylic acids is 1. The molecule has 0 saturated heterocycles. The number of nitrogens with zero attached hydrogens (tertiary/aromatic N) is 4. The highest BCUT2D eigenvalue weighted by atomic mass is 16.5. The lowest BCUT2D eigenvalue weighted by Gasteiger charge is -2.13. The number of anilines is 2. The molecule has 0 saturated carbocycles. The lowest BCUT2D eigenvalue weighted by molar-refractivity contribution is 0.112. The Labute approximate surface area is 190 Å². The predicted molar refractivity (Wildman–Crippen MR) is 128 cm³/mol. The molecular formula is C26H21N5O2. The number of hydrogen-bond acceptors (Lipinski definition) is 6. The maximum atomic E-state index is 11.1. The Hall–Kier alpha value is -4.36. The van der Waals surface area contributed by atoms with E-state index in [4.69, 9.17) is 9.72 Å². The van der Waals surface area contributed by atoms with E-state index in [1.165, 1.54) is 5.39 Å². The quantitative estimate of drug-likeness (QED) is 0.355. The van der Waals surface area contributed by atoms with Crippen molar-refractivity contribution in [3.8, 4) is 17.2 Å². The second-order valence-electron chi connectivity index (χ2n) is 7.51. The molecule has 0 atom stereocenters. The van der Waals surface area contributed by atoms with E-state index in [-0.39, 0.29) is 0 Å². The summed E-state index contributed by atoms with van der Waals surface area (Å²) in [6.45, 7) is 0.384. The normalized spacial score (nSPS) is 10.9. The van der Waals surface area contributed by atoms with Crippen LogP contribution in [-0.4, -0.2) is 32.9 Å². The third kappa shape index (κ3) is 4.22. The third-order valence-electron chi connectivity index (χ3n) is 5.28. The van der Waals surface area contributed by atoms with Gasteiger partial charge >= 0.3 is 0 Å². The fourth-order valence-electron chi connectivity index (χ4n) is 3.78. The second-order valence-corrected chi connectivity index (χ2v) is 7.51. The topological polar surface area (TPSA) is 81.9 Å². The molecule has 2 aromatic heterocycles. The highest BCUT2D eigenvalue weighted by Crippen LogP contribution is 2.27. The molecule has 1 N–H and O–H groups in total. The summed E-state index contributed by atoms with van der Waals surface area (Å²) < 4.78 is 7.38. The number of rotatable bonds is 7. The molecule has 0 spiro atoms. The van der Waals surface area contributed by atoms with Crippen molar-refractivity contribution in [3.63, 3.8) is 0 Å². The van der Waals surface area contributed by atoms with Crippen molar-refractivity contribution in [2.45, 2.75) is 6.61 Å². The minimum absolute atomic E-state index is 0.384. The number of fused-ring (bicyclic) bond motifs is 1. The molecule has 0 aliphatic rings. The number of ether oxygens (including phenoxy) is 1. The van der Waals surface area contributed by atoms with Gasteiger partial charge in [0.15, 0.2) is 0 Å². The third-order valence-corrected chi connectivity index (χ3v) is 5.28. The van der Waals surface area contributed by atoms with E-state index < -0.39 is 0 Å². The van der Waals surface area contributed by atoms with Crippen LogP contribution in [-0.2, 0) is 11.3 Å². The van der Waals surface area contributed by atoms with E-state index >= 15 is 0 Å². The predicted octanol–water partition coefficient (Wildman–Crippen LogP) is 5.19. The summed E-state index contributed by atoms with van der Waals surface area (Å²) in [7, 11) is 1.65. The van der Waals surface area contributed by atoms with Gasteiger partial charge in [-0.05, 0) is 35.0 Å². The molecular weight excluding hydrogens is 414 g/mol. The number of nitrogens with one attached hydrogen (secondary N) is 1. The molecule has 33 heavy (non-hydrogen) atoms. The Morgan fingerprint density at radius 3 is 2.70 bits per heavy atom. The molecule has 7 heteroatoms. The number of imidazole rings is 1.